The van der Waals surface area contributed by atoms with Gasteiger partial charge in [0.05, 0.1) is 5.56 Å². The van der Waals surface area contributed by atoms with Crippen molar-refractivity contribution < 1.29 is 13.2 Å². The Morgan fingerprint density at radius 3 is 2.63 bits per heavy atom. The van der Waals surface area contributed by atoms with Gasteiger partial charge in [-0.15, -0.1) is 0 Å². The van der Waals surface area contributed by atoms with Crippen molar-refractivity contribution in [3.8, 4) is 0 Å². The SMILES string of the molecule is CSC1CCC(Nc2ccc(N)c(C(F)(F)F)c2)C1. The predicted molar refractivity (Wildman–Crippen MR) is 74.4 cm³/mol. The highest BCUT2D eigenvalue weighted by atomic mass is 32.2. The summed E-state index contributed by atoms with van der Waals surface area (Å²) in [6.07, 6.45) is 0.765. The van der Waals surface area contributed by atoms with Gasteiger partial charge in [-0.2, -0.15) is 24.9 Å². The summed E-state index contributed by atoms with van der Waals surface area (Å²) in [6, 6.07) is 4.27. The number of thioether (sulfide) groups is 1. The molecular weight excluding hydrogens is 273 g/mol. The maximum atomic E-state index is 12.7. The molecule has 0 saturated heterocycles. The van der Waals surface area contributed by atoms with Crippen LogP contribution < -0.4 is 11.1 Å². The number of nitrogens with one attached hydrogen (secondary N) is 1. The Morgan fingerprint density at radius 1 is 1.32 bits per heavy atom. The van der Waals surface area contributed by atoms with E-state index in [1.54, 1.807) is 6.07 Å². The first-order valence-electron chi connectivity index (χ1n) is 6.16. The van der Waals surface area contributed by atoms with E-state index in [-0.39, 0.29) is 11.7 Å². The van der Waals surface area contributed by atoms with Gasteiger partial charge in [-0.1, -0.05) is 0 Å². The van der Waals surface area contributed by atoms with E-state index in [4.69, 9.17) is 5.73 Å². The largest absolute Gasteiger partial charge is 0.418 e. The molecule has 2 unspecified atom stereocenters. The average Bonchev–Trinajstić information content (AvgIpc) is 2.78. The van der Waals surface area contributed by atoms with Gasteiger partial charge in [-0.05, 0) is 43.7 Å². The van der Waals surface area contributed by atoms with Crippen LogP contribution in [0.15, 0.2) is 18.2 Å². The van der Waals surface area contributed by atoms with Crippen LogP contribution in [0, 0.1) is 0 Å². The van der Waals surface area contributed by atoms with Crippen LogP contribution in [0.2, 0.25) is 0 Å². The summed E-state index contributed by atoms with van der Waals surface area (Å²) in [5, 5.41) is 3.78. The second-order valence-corrected chi connectivity index (χ2v) is 5.95. The van der Waals surface area contributed by atoms with Crippen LogP contribution in [0.3, 0.4) is 0 Å². The number of nitrogens with two attached hydrogens (primary N) is 1. The van der Waals surface area contributed by atoms with Crippen molar-refractivity contribution in [2.45, 2.75) is 36.7 Å². The van der Waals surface area contributed by atoms with Crippen LogP contribution in [0.1, 0.15) is 24.8 Å². The summed E-state index contributed by atoms with van der Waals surface area (Å²) < 4.78 is 38.2. The molecule has 6 heteroatoms. The number of hydrogen-bond donors (Lipinski definition) is 2. The molecule has 2 nitrogen and oxygen atoms in total. The van der Waals surface area contributed by atoms with Crippen LogP contribution >= 0.6 is 11.8 Å². The maximum absolute atomic E-state index is 12.7. The fourth-order valence-electron chi connectivity index (χ4n) is 2.41. The first-order chi connectivity index (χ1) is 8.90. The monoisotopic (exact) mass is 290 g/mol. The lowest BCUT2D eigenvalue weighted by Gasteiger charge is -2.17. The number of halogens is 3. The summed E-state index contributed by atoms with van der Waals surface area (Å²) in [5.74, 6) is 0. The molecule has 0 heterocycles. The van der Waals surface area contributed by atoms with Crippen molar-refractivity contribution in [3.63, 3.8) is 0 Å². The number of hydrogen-bond acceptors (Lipinski definition) is 3. The van der Waals surface area contributed by atoms with Gasteiger partial charge in [-0.25, -0.2) is 0 Å². The molecule has 2 atom stereocenters. The van der Waals surface area contributed by atoms with E-state index in [1.807, 2.05) is 11.8 Å². The number of alkyl halides is 3. The number of anilines is 2. The number of nitrogen functional groups attached to an aromatic ring is 1. The average molecular weight is 290 g/mol. The Kier molecular flexibility index (Phi) is 4.18. The van der Waals surface area contributed by atoms with Gasteiger partial charge in [0.2, 0.25) is 0 Å². The Bertz CT molecular complexity index is 448. The van der Waals surface area contributed by atoms with Gasteiger partial charge in [0, 0.05) is 22.7 Å². The Morgan fingerprint density at radius 2 is 2.05 bits per heavy atom. The van der Waals surface area contributed by atoms with Crippen LogP contribution in [0.5, 0.6) is 0 Å². The zero-order valence-corrected chi connectivity index (χ0v) is 11.4. The fourth-order valence-corrected chi connectivity index (χ4v) is 3.21. The van der Waals surface area contributed by atoms with E-state index in [0.717, 1.165) is 25.3 Å². The van der Waals surface area contributed by atoms with E-state index in [1.165, 1.54) is 6.07 Å². The molecule has 0 spiro atoms. The molecule has 106 valence electrons. The molecule has 0 aliphatic heterocycles. The van der Waals surface area contributed by atoms with Gasteiger partial charge in [0.1, 0.15) is 0 Å². The lowest BCUT2D eigenvalue weighted by Crippen LogP contribution is -2.17. The summed E-state index contributed by atoms with van der Waals surface area (Å²) in [6.45, 7) is 0. The van der Waals surface area contributed by atoms with Crippen molar-refractivity contribution in [2.75, 3.05) is 17.3 Å². The molecule has 1 aliphatic rings. The molecule has 0 radical (unpaired) electrons. The van der Waals surface area contributed by atoms with Crippen molar-refractivity contribution in [3.05, 3.63) is 23.8 Å². The molecule has 3 N–H and O–H groups in total. The minimum Gasteiger partial charge on any atom is -0.398 e. The number of rotatable bonds is 3. The lowest BCUT2D eigenvalue weighted by molar-refractivity contribution is -0.136. The highest BCUT2D eigenvalue weighted by Crippen LogP contribution is 2.36. The molecule has 1 aromatic carbocycles. The molecule has 19 heavy (non-hydrogen) atoms. The fraction of sp³-hybridized carbons (Fsp3) is 0.538. The second kappa shape index (κ2) is 5.53. The van der Waals surface area contributed by atoms with E-state index in [0.29, 0.717) is 10.9 Å². The molecule has 0 bridgehead atoms. The van der Waals surface area contributed by atoms with Gasteiger partial charge in [0.15, 0.2) is 0 Å². The molecule has 1 aromatic rings. The highest BCUT2D eigenvalue weighted by molar-refractivity contribution is 7.99. The quantitative estimate of drug-likeness (QED) is 0.827. The molecule has 1 fully saturated rings. The van der Waals surface area contributed by atoms with E-state index in [9.17, 15) is 13.2 Å². The smallest absolute Gasteiger partial charge is 0.398 e. The van der Waals surface area contributed by atoms with Crippen molar-refractivity contribution in [1.29, 1.82) is 0 Å². The molecule has 1 saturated carbocycles. The van der Waals surface area contributed by atoms with E-state index >= 15 is 0 Å². The Hall–Kier alpha value is -1.04. The van der Waals surface area contributed by atoms with Crippen LogP contribution in [0.4, 0.5) is 24.5 Å². The topological polar surface area (TPSA) is 38.0 Å². The van der Waals surface area contributed by atoms with Crippen LogP contribution in [0.25, 0.3) is 0 Å². The first kappa shape index (κ1) is 14.4. The zero-order chi connectivity index (χ0) is 14.0. The minimum atomic E-state index is -4.40. The number of benzene rings is 1. The maximum Gasteiger partial charge on any atom is 0.418 e. The van der Waals surface area contributed by atoms with Gasteiger partial charge >= 0.3 is 6.18 Å². The van der Waals surface area contributed by atoms with Gasteiger partial charge in [0.25, 0.3) is 0 Å². The lowest BCUT2D eigenvalue weighted by atomic mass is 10.1. The summed E-state index contributed by atoms with van der Waals surface area (Å²) in [5.41, 5.74) is 4.87. The van der Waals surface area contributed by atoms with Crippen molar-refractivity contribution >= 4 is 23.1 Å². The van der Waals surface area contributed by atoms with E-state index < -0.39 is 11.7 Å². The summed E-state index contributed by atoms with van der Waals surface area (Å²) in [7, 11) is 0. The van der Waals surface area contributed by atoms with Crippen molar-refractivity contribution in [1.82, 2.24) is 0 Å². The third-order valence-electron chi connectivity index (χ3n) is 3.45. The third-order valence-corrected chi connectivity index (χ3v) is 4.54. The first-order valence-corrected chi connectivity index (χ1v) is 7.45. The second-order valence-electron chi connectivity index (χ2n) is 4.81. The normalized spacial score (nSPS) is 23.6. The summed E-state index contributed by atoms with van der Waals surface area (Å²) in [4.78, 5) is 0. The van der Waals surface area contributed by atoms with Crippen molar-refractivity contribution in [2.24, 2.45) is 0 Å². The third kappa shape index (κ3) is 3.49. The highest BCUT2D eigenvalue weighted by Gasteiger charge is 2.33. The predicted octanol–water partition coefficient (Wildman–Crippen LogP) is 3.98. The molecule has 0 aromatic heterocycles. The molecule has 1 aliphatic carbocycles. The molecule has 2 rings (SSSR count). The molecule has 0 amide bonds. The zero-order valence-electron chi connectivity index (χ0n) is 10.6. The summed E-state index contributed by atoms with van der Waals surface area (Å²) >= 11 is 1.82. The van der Waals surface area contributed by atoms with Gasteiger partial charge in [-0.3, -0.25) is 0 Å². The molecular formula is C13H17F3N2S. The standard InChI is InChI=1S/C13H17F3N2S/c1-19-10-4-2-8(6-10)18-9-3-5-12(17)11(7-9)13(14,15)16/h3,5,7-8,10,18H,2,4,6,17H2,1H3. The Balaban J connectivity index is 2.10. The Labute approximate surface area is 114 Å². The van der Waals surface area contributed by atoms with Crippen LogP contribution in [-0.4, -0.2) is 17.5 Å². The van der Waals surface area contributed by atoms with Crippen LogP contribution in [-0.2, 0) is 6.18 Å². The van der Waals surface area contributed by atoms with E-state index in [2.05, 4.69) is 11.6 Å². The van der Waals surface area contributed by atoms with Gasteiger partial charge < -0.3 is 11.1 Å². The minimum absolute atomic E-state index is 0.230.